The lowest BCUT2D eigenvalue weighted by atomic mass is 10.1. The maximum Gasteiger partial charge on any atom is 0.274 e. The van der Waals surface area contributed by atoms with Crippen LogP contribution in [0.3, 0.4) is 0 Å². The summed E-state index contributed by atoms with van der Waals surface area (Å²) in [5, 5.41) is 11.4. The average Bonchev–Trinajstić information content (AvgIpc) is 3.51. The van der Waals surface area contributed by atoms with Gasteiger partial charge in [0.1, 0.15) is 18.6 Å². The number of nitrogens with zero attached hydrogens (tertiary/aromatic N) is 7. The summed E-state index contributed by atoms with van der Waals surface area (Å²) in [5.74, 6) is 1.50. The Morgan fingerprint density at radius 3 is 2.77 bits per heavy atom. The van der Waals surface area contributed by atoms with E-state index in [1.807, 2.05) is 46.7 Å². The van der Waals surface area contributed by atoms with Gasteiger partial charge in [0.15, 0.2) is 11.6 Å². The van der Waals surface area contributed by atoms with Gasteiger partial charge in [-0.25, -0.2) is 9.97 Å². The summed E-state index contributed by atoms with van der Waals surface area (Å²) in [6.45, 7) is 5.32. The number of anilines is 2. The van der Waals surface area contributed by atoms with Gasteiger partial charge in [-0.3, -0.25) is 4.79 Å². The third-order valence-electron chi connectivity index (χ3n) is 7.34. The molecular weight excluding hydrogens is 496 g/mol. The molecule has 3 aliphatic rings. The third kappa shape index (κ3) is 4.63. The van der Waals surface area contributed by atoms with E-state index in [9.17, 15) is 4.79 Å². The van der Waals surface area contributed by atoms with Crippen molar-refractivity contribution in [3.8, 4) is 22.8 Å². The van der Waals surface area contributed by atoms with E-state index >= 15 is 0 Å². The summed E-state index contributed by atoms with van der Waals surface area (Å²) >= 11 is 0. The predicted octanol–water partition coefficient (Wildman–Crippen LogP) is 4.08. The Labute approximate surface area is 226 Å². The Balaban J connectivity index is 0.00000277. The molecule has 1 amide bonds. The van der Waals surface area contributed by atoms with Gasteiger partial charge in [0.25, 0.3) is 5.91 Å². The number of hydrogen-bond donors (Lipinski definition) is 1. The summed E-state index contributed by atoms with van der Waals surface area (Å²) in [5.41, 5.74) is 4.57. The minimum absolute atomic E-state index is 0. The number of rotatable bonds is 5. The second-order valence-corrected chi connectivity index (χ2v) is 10.00. The third-order valence-corrected chi connectivity index (χ3v) is 7.34. The molecule has 0 spiro atoms. The standard InChI is InChI=1S/C27H28N8O3.CH4/c1-17-14-38-25-19(26-32-30-16-35(17)26)3-2-4-20(25)31-27(36)21-11-23(34-13-22(29-15-34)18-5-6-18)24(12-28-21)33-7-9-37-10-8-33;/h2-4,11-13,15-18H,5-10,14H2,1H3,(H,31,36);1H4/t17-;/m0./s1. The van der Waals surface area contributed by atoms with Crippen LogP contribution >= 0.6 is 0 Å². The number of benzene rings is 1. The van der Waals surface area contributed by atoms with Crippen LogP contribution in [0.5, 0.6) is 5.75 Å². The van der Waals surface area contributed by atoms with Crippen LogP contribution in [0.4, 0.5) is 11.4 Å². The fraction of sp³-hybridized carbons (Fsp3) is 0.393. The summed E-state index contributed by atoms with van der Waals surface area (Å²) in [6.07, 6.45) is 9.73. The Morgan fingerprint density at radius 1 is 1.10 bits per heavy atom. The van der Waals surface area contributed by atoms with Crippen molar-refractivity contribution >= 4 is 17.3 Å². The lowest BCUT2D eigenvalue weighted by Gasteiger charge is -2.30. The summed E-state index contributed by atoms with van der Waals surface area (Å²) in [4.78, 5) is 25.0. The largest absolute Gasteiger partial charge is 0.488 e. The van der Waals surface area contributed by atoms with Crippen molar-refractivity contribution < 1.29 is 14.3 Å². The number of nitrogens with one attached hydrogen (secondary N) is 1. The quantitative estimate of drug-likeness (QED) is 0.412. The van der Waals surface area contributed by atoms with E-state index in [0.29, 0.717) is 48.7 Å². The molecule has 1 saturated heterocycles. The molecule has 2 aliphatic heterocycles. The molecule has 1 saturated carbocycles. The number of carbonyl (C=O) groups is 1. The molecule has 3 aromatic heterocycles. The molecule has 39 heavy (non-hydrogen) atoms. The SMILES string of the molecule is C.C[C@H]1COc2c(NC(=O)c3cc(-n4cnc(C5CC5)c4)c(N4CCOCC4)cn3)cccc2-c2nncn21. The Kier molecular flexibility index (Phi) is 6.51. The lowest BCUT2D eigenvalue weighted by Crippen LogP contribution is -2.37. The normalized spacial score (nSPS) is 18.3. The van der Waals surface area contributed by atoms with Crippen LogP contribution in [0.15, 0.2) is 49.3 Å². The number of hydrogen-bond acceptors (Lipinski definition) is 8. The van der Waals surface area contributed by atoms with Gasteiger partial charge in [0.05, 0.1) is 60.1 Å². The van der Waals surface area contributed by atoms with Gasteiger partial charge in [0, 0.05) is 25.2 Å². The molecule has 1 atom stereocenters. The first kappa shape index (κ1) is 25.1. The molecule has 7 rings (SSSR count). The van der Waals surface area contributed by atoms with Crippen LogP contribution in [0.1, 0.15) is 55.3 Å². The van der Waals surface area contributed by atoms with Gasteiger partial charge in [-0.15, -0.1) is 10.2 Å². The van der Waals surface area contributed by atoms with Gasteiger partial charge in [0.2, 0.25) is 0 Å². The number of morpholine rings is 1. The van der Waals surface area contributed by atoms with E-state index in [-0.39, 0.29) is 19.4 Å². The van der Waals surface area contributed by atoms with Crippen molar-refractivity contribution in [1.29, 1.82) is 0 Å². The van der Waals surface area contributed by atoms with Crippen molar-refractivity contribution in [2.45, 2.75) is 39.2 Å². The van der Waals surface area contributed by atoms with Crippen molar-refractivity contribution in [1.82, 2.24) is 29.3 Å². The maximum atomic E-state index is 13.5. The molecular formula is C28H32N8O3. The highest BCUT2D eigenvalue weighted by Gasteiger charge is 2.28. The first-order valence-electron chi connectivity index (χ1n) is 13.0. The second kappa shape index (κ2) is 10.1. The fourth-order valence-corrected chi connectivity index (χ4v) is 5.07. The second-order valence-electron chi connectivity index (χ2n) is 10.00. The average molecular weight is 529 g/mol. The van der Waals surface area contributed by atoms with E-state index in [0.717, 1.165) is 35.7 Å². The first-order chi connectivity index (χ1) is 18.7. The zero-order chi connectivity index (χ0) is 25.6. The molecule has 1 aliphatic carbocycles. The maximum absolute atomic E-state index is 13.5. The summed E-state index contributed by atoms with van der Waals surface area (Å²) in [7, 11) is 0. The van der Waals surface area contributed by atoms with Gasteiger partial charge in [-0.1, -0.05) is 13.5 Å². The molecule has 4 aromatic rings. The Bertz CT molecular complexity index is 1500. The highest BCUT2D eigenvalue weighted by molar-refractivity contribution is 6.05. The Hall–Kier alpha value is -4.25. The lowest BCUT2D eigenvalue weighted by molar-refractivity contribution is 0.102. The molecule has 0 bridgehead atoms. The van der Waals surface area contributed by atoms with Crippen LogP contribution in [0, 0.1) is 0 Å². The van der Waals surface area contributed by atoms with E-state index in [4.69, 9.17) is 9.47 Å². The van der Waals surface area contributed by atoms with E-state index in [1.54, 1.807) is 12.5 Å². The summed E-state index contributed by atoms with van der Waals surface area (Å²) < 4.78 is 15.7. The number of aromatic nitrogens is 6. The molecule has 2 fully saturated rings. The molecule has 0 radical (unpaired) electrons. The molecule has 0 unspecified atom stereocenters. The van der Waals surface area contributed by atoms with E-state index in [1.165, 1.54) is 12.8 Å². The van der Waals surface area contributed by atoms with E-state index in [2.05, 4.69) is 36.6 Å². The van der Waals surface area contributed by atoms with Crippen LogP contribution < -0.4 is 15.0 Å². The van der Waals surface area contributed by atoms with Crippen LogP contribution in [0.2, 0.25) is 0 Å². The minimum atomic E-state index is -0.321. The van der Waals surface area contributed by atoms with Crippen molar-refractivity contribution in [3.63, 3.8) is 0 Å². The van der Waals surface area contributed by atoms with Crippen molar-refractivity contribution in [3.05, 3.63) is 60.7 Å². The molecule has 1 aromatic carbocycles. The zero-order valence-corrected chi connectivity index (χ0v) is 21.1. The molecule has 5 heterocycles. The monoisotopic (exact) mass is 528 g/mol. The topological polar surface area (TPSA) is 112 Å². The fourth-order valence-electron chi connectivity index (χ4n) is 5.07. The van der Waals surface area contributed by atoms with Crippen LogP contribution in [-0.2, 0) is 4.74 Å². The number of para-hydroxylation sites is 1. The van der Waals surface area contributed by atoms with Gasteiger partial charge in [-0.05, 0) is 38.0 Å². The van der Waals surface area contributed by atoms with Gasteiger partial charge >= 0.3 is 0 Å². The minimum Gasteiger partial charge on any atom is -0.488 e. The van der Waals surface area contributed by atoms with Crippen LogP contribution in [-0.4, -0.2) is 68.1 Å². The molecule has 1 N–H and O–H groups in total. The van der Waals surface area contributed by atoms with Gasteiger partial charge < -0.3 is 28.8 Å². The van der Waals surface area contributed by atoms with Crippen molar-refractivity contribution in [2.24, 2.45) is 0 Å². The van der Waals surface area contributed by atoms with Crippen molar-refractivity contribution in [2.75, 3.05) is 43.1 Å². The number of fused-ring (bicyclic) bond motifs is 3. The Morgan fingerprint density at radius 2 is 1.95 bits per heavy atom. The highest BCUT2D eigenvalue weighted by Crippen LogP contribution is 2.40. The highest BCUT2D eigenvalue weighted by atomic mass is 16.5. The predicted molar refractivity (Wildman–Crippen MR) is 147 cm³/mol. The number of imidazole rings is 1. The number of carbonyl (C=O) groups excluding carboxylic acids is 1. The number of amides is 1. The van der Waals surface area contributed by atoms with E-state index < -0.39 is 0 Å². The van der Waals surface area contributed by atoms with Crippen LogP contribution in [0.25, 0.3) is 17.1 Å². The first-order valence-corrected chi connectivity index (χ1v) is 13.0. The zero-order valence-electron chi connectivity index (χ0n) is 21.1. The molecule has 202 valence electrons. The summed E-state index contributed by atoms with van der Waals surface area (Å²) in [6, 6.07) is 7.52. The smallest absolute Gasteiger partial charge is 0.274 e. The molecule has 11 heteroatoms. The van der Waals surface area contributed by atoms with Gasteiger partial charge in [-0.2, -0.15) is 0 Å². The number of pyridine rings is 1. The molecule has 11 nitrogen and oxygen atoms in total. The number of ether oxygens (including phenoxy) is 2.